The lowest BCUT2D eigenvalue weighted by atomic mass is 10.1. The molecule has 0 aliphatic carbocycles. The molecule has 2 aromatic carbocycles. The molecule has 4 aromatic rings. The highest BCUT2D eigenvalue weighted by Gasteiger charge is 2.29. The Morgan fingerprint density at radius 1 is 1.14 bits per heavy atom. The van der Waals surface area contributed by atoms with Gasteiger partial charge in [0.1, 0.15) is 5.69 Å². The number of likely N-dealkylation sites (tertiary alicyclic amines) is 1. The van der Waals surface area contributed by atoms with E-state index in [1.807, 2.05) is 19.0 Å². The van der Waals surface area contributed by atoms with E-state index >= 15 is 0 Å². The summed E-state index contributed by atoms with van der Waals surface area (Å²) in [4.78, 5) is 32.1. The molecule has 0 bridgehead atoms. The quantitative estimate of drug-likeness (QED) is 0.476. The maximum absolute atomic E-state index is 13.6. The highest BCUT2D eigenvalue weighted by atomic mass is 19.2. The van der Waals surface area contributed by atoms with Crippen LogP contribution >= 0.6 is 0 Å². The molecule has 3 heterocycles. The average Bonchev–Trinajstić information content (AvgIpc) is 3.49. The number of nitrogens with one attached hydrogen (secondary N) is 1. The zero-order chi connectivity index (χ0) is 24.7. The van der Waals surface area contributed by atoms with Crippen LogP contribution in [-0.4, -0.2) is 68.9 Å². The standard InChI is InChI=1S/C25H24F2N6O2/c1-31(2)13-18-4-3-9-32(18)25(35)15-5-7-17(8-6-15)33-14-23(29-30-33)19-10-16-11-20(26)21(27)12-22(16)28-24(19)34/h5-8,10-12,14,18H,3-4,9,13H2,1-2H3,(H,28,34)/t18-/m0/s1. The van der Waals surface area contributed by atoms with Gasteiger partial charge in [-0.1, -0.05) is 5.21 Å². The van der Waals surface area contributed by atoms with Gasteiger partial charge in [0.15, 0.2) is 11.6 Å². The summed E-state index contributed by atoms with van der Waals surface area (Å²) in [6, 6.07) is 10.7. The third-order valence-electron chi connectivity index (χ3n) is 6.25. The fourth-order valence-electron chi connectivity index (χ4n) is 4.54. The largest absolute Gasteiger partial charge is 0.334 e. The lowest BCUT2D eigenvalue weighted by Gasteiger charge is -2.27. The Bertz CT molecular complexity index is 1460. The van der Waals surface area contributed by atoms with Crippen LogP contribution in [0.3, 0.4) is 0 Å². The first-order chi connectivity index (χ1) is 16.8. The second-order valence-corrected chi connectivity index (χ2v) is 9.02. The van der Waals surface area contributed by atoms with Crippen molar-refractivity contribution < 1.29 is 13.6 Å². The van der Waals surface area contributed by atoms with Crippen LogP contribution in [0.2, 0.25) is 0 Å². The van der Waals surface area contributed by atoms with Crippen molar-refractivity contribution in [2.45, 2.75) is 18.9 Å². The zero-order valence-electron chi connectivity index (χ0n) is 19.3. The lowest BCUT2D eigenvalue weighted by molar-refractivity contribution is 0.0716. The van der Waals surface area contributed by atoms with Crippen LogP contribution in [0.15, 0.2) is 53.5 Å². The van der Waals surface area contributed by atoms with Crippen LogP contribution in [0.4, 0.5) is 8.78 Å². The Kier molecular flexibility index (Phi) is 5.89. The number of aromatic amines is 1. The van der Waals surface area contributed by atoms with Crippen LogP contribution in [0.1, 0.15) is 23.2 Å². The molecule has 1 amide bonds. The molecule has 10 heteroatoms. The number of carbonyl (C=O) groups is 1. The second kappa shape index (κ2) is 9.03. The van der Waals surface area contributed by atoms with E-state index in [-0.39, 0.29) is 28.7 Å². The predicted molar refractivity (Wildman–Crippen MR) is 127 cm³/mol. The second-order valence-electron chi connectivity index (χ2n) is 9.02. The number of nitrogens with zero attached hydrogens (tertiary/aromatic N) is 5. The van der Waals surface area contributed by atoms with Crippen molar-refractivity contribution >= 4 is 16.8 Å². The van der Waals surface area contributed by atoms with Crippen molar-refractivity contribution in [2.75, 3.05) is 27.2 Å². The molecule has 0 unspecified atom stereocenters. The van der Waals surface area contributed by atoms with Crippen LogP contribution < -0.4 is 5.56 Å². The van der Waals surface area contributed by atoms with Crippen LogP contribution in [0.25, 0.3) is 27.8 Å². The maximum atomic E-state index is 13.6. The molecule has 0 radical (unpaired) electrons. The van der Waals surface area contributed by atoms with Crippen molar-refractivity contribution in [1.29, 1.82) is 0 Å². The number of pyridine rings is 1. The van der Waals surface area contributed by atoms with Crippen molar-refractivity contribution in [3.63, 3.8) is 0 Å². The normalized spacial score (nSPS) is 15.9. The monoisotopic (exact) mass is 478 g/mol. The number of amides is 1. The fourth-order valence-corrected chi connectivity index (χ4v) is 4.54. The molecule has 1 saturated heterocycles. The highest BCUT2D eigenvalue weighted by molar-refractivity contribution is 5.94. The number of aromatic nitrogens is 4. The molecule has 180 valence electrons. The number of hydrogen-bond donors (Lipinski definition) is 1. The summed E-state index contributed by atoms with van der Waals surface area (Å²) in [5.41, 5.74) is 1.42. The minimum atomic E-state index is -1.04. The minimum Gasteiger partial charge on any atom is -0.334 e. The van der Waals surface area contributed by atoms with Crippen molar-refractivity contribution in [1.82, 2.24) is 29.8 Å². The fraction of sp³-hybridized carbons (Fsp3) is 0.280. The average molecular weight is 479 g/mol. The molecule has 35 heavy (non-hydrogen) atoms. The Balaban J connectivity index is 1.38. The van der Waals surface area contributed by atoms with E-state index in [1.54, 1.807) is 30.5 Å². The molecule has 1 fully saturated rings. The number of halogens is 2. The summed E-state index contributed by atoms with van der Waals surface area (Å²) in [5, 5.41) is 8.50. The maximum Gasteiger partial charge on any atom is 0.258 e. The molecule has 8 nitrogen and oxygen atoms in total. The minimum absolute atomic E-state index is 0.00606. The van der Waals surface area contributed by atoms with Crippen LogP contribution in [-0.2, 0) is 0 Å². The van der Waals surface area contributed by atoms with E-state index in [2.05, 4.69) is 20.2 Å². The molecule has 5 rings (SSSR count). The van der Waals surface area contributed by atoms with Crippen LogP contribution in [0, 0.1) is 11.6 Å². The van der Waals surface area contributed by atoms with Gasteiger partial charge in [0.2, 0.25) is 0 Å². The highest BCUT2D eigenvalue weighted by Crippen LogP contribution is 2.23. The summed E-state index contributed by atoms with van der Waals surface area (Å²) in [7, 11) is 4.01. The van der Waals surface area contributed by atoms with E-state index in [4.69, 9.17) is 0 Å². The van der Waals surface area contributed by atoms with Gasteiger partial charge in [-0.15, -0.1) is 5.10 Å². The van der Waals surface area contributed by atoms with Gasteiger partial charge in [-0.3, -0.25) is 9.59 Å². The van der Waals surface area contributed by atoms with Crippen LogP contribution in [0.5, 0.6) is 0 Å². The third kappa shape index (κ3) is 4.44. The molecule has 1 N–H and O–H groups in total. The van der Waals surface area contributed by atoms with Gasteiger partial charge in [-0.05, 0) is 63.3 Å². The number of carbonyl (C=O) groups excluding carboxylic acids is 1. The number of benzene rings is 2. The molecule has 0 saturated carbocycles. The van der Waals surface area contributed by atoms with Crippen molar-refractivity contribution in [3.8, 4) is 16.9 Å². The molecular weight excluding hydrogens is 454 g/mol. The van der Waals surface area contributed by atoms with E-state index in [1.165, 1.54) is 10.7 Å². The zero-order valence-corrected chi connectivity index (χ0v) is 19.3. The van der Waals surface area contributed by atoms with Gasteiger partial charge in [-0.25, -0.2) is 13.5 Å². The van der Waals surface area contributed by atoms with E-state index in [0.29, 0.717) is 16.6 Å². The molecule has 1 aliphatic heterocycles. The van der Waals surface area contributed by atoms with Gasteiger partial charge in [0.05, 0.1) is 23.0 Å². The number of rotatable bonds is 5. The Morgan fingerprint density at radius 3 is 2.63 bits per heavy atom. The summed E-state index contributed by atoms with van der Waals surface area (Å²) in [6.45, 7) is 1.59. The number of H-pyrrole nitrogens is 1. The van der Waals surface area contributed by atoms with E-state index in [9.17, 15) is 18.4 Å². The van der Waals surface area contributed by atoms with Gasteiger partial charge >= 0.3 is 0 Å². The van der Waals surface area contributed by atoms with E-state index < -0.39 is 17.2 Å². The van der Waals surface area contributed by atoms with Crippen molar-refractivity contribution in [2.24, 2.45) is 0 Å². The summed E-state index contributed by atoms with van der Waals surface area (Å²) in [6.07, 6.45) is 3.57. The smallest absolute Gasteiger partial charge is 0.258 e. The first-order valence-electron chi connectivity index (χ1n) is 11.3. The molecule has 2 aromatic heterocycles. The van der Waals surface area contributed by atoms with Gasteiger partial charge in [0, 0.05) is 36.1 Å². The van der Waals surface area contributed by atoms with Gasteiger partial charge in [0.25, 0.3) is 11.5 Å². The Morgan fingerprint density at radius 2 is 1.89 bits per heavy atom. The molecule has 1 atom stereocenters. The Hall–Kier alpha value is -3.92. The van der Waals surface area contributed by atoms with E-state index in [0.717, 1.165) is 38.1 Å². The summed E-state index contributed by atoms with van der Waals surface area (Å²) < 4.78 is 28.6. The third-order valence-corrected chi connectivity index (χ3v) is 6.25. The lowest BCUT2D eigenvalue weighted by Crippen LogP contribution is -2.41. The first-order valence-corrected chi connectivity index (χ1v) is 11.3. The summed E-state index contributed by atoms with van der Waals surface area (Å²) in [5.74, 6) is -2.03. The first kappa shape index (κ1) is 22.9. The predicted octanol–water partition coefficient (Wildman–Crippen LogP) is 3.22. The Labute approximate surface area is 199 Å². The number of fused-ring (bicyclic) bond motifs is 1. The van der Waals surface area contributed by atoms with Gasteiger partial charge < -0.3 is 14.8 Å². The number of likely N-dealkylation sites (N-methyl/N-ethyl adjacent to an activating group) is 1. The van der Waals surface area contributed by atoms with Gasteiger partial charge in [-0.2, -0.15) is 0 Å². The molecule has 0 spiro atoms. The SMILES string of the molecule is CN(C)C[C@@H]1CCCN1C(=O)c1ccc(-n2cc(-c3cc4cc(F)c(F)cc4[nH]c3=O)nn2)cc1. The summed E-state index contributed by atoms with van der Waals surface area (Å²) >= 11 is 0. The molecular formula is C25H24F2N6O2. The van der Waals surface area contributed by atoms with Crippen molar-refractivity contribution in [3.05, 3.63) is 76.2 Å². The topological polar surface area (TPSA) is 87.1 Å². The number of hydrogen-bond acceptors (Lipinski definition) is 5. The molecule has 1 aliphatic rings.